The molecule has 0 aliphatic carbocycles. The van der Waals surface area contributed by atoms with Crippen molar-refractivity contribution >= 4 is 0 Å². The van der Waals surface area contributed by atoms with E-state index in [1.165, 1.54) is 39.3 Å². The molecule has 0 amide bonds. The maximum Gasteiger partial charge on any atom is 0.104 e. The van der Waals surface area contributed by atoms with Crippen LogP contribution in [-0.4, -0.2) is 114 Å². The highest BCUT2D eigenvalue weighted by molar-refractivity contribution is 4.72. The number of epoxide rings is 2. The quantitative estimate of drug-likeness (QED) is 0.316. The highest BCUT2D eigenvalue weighted by atomic mass is 16.6. The van der Waals surface area contributed by atoms with Gasteiger partial charge in [-0.2, -0.15) is 0 Å². The molecule has 3 aliphatic heterocycles. The fourth-order valence-corrected chi connectivity index (χ4v) is 2.74. The van der Waals surface area contributed by atoms with Crippen molar-refractivity contribution in [1.29, 1.82) is 0 Å². The monoisotopic (exact) mass is 374 g/mol. The van der Waals surface area contributed by atoms with E-state index >= 15 is 0 Å². The molecule has 0 radical (unpaired) electrons. The third-order valence-corrected chi connectivity index (χ3v) is 4.61. The van der Waals surface area contributed by atoms with Gasteiger partial charge < -0.3 is 40.2 Å². The Bertz CT molecular complexity index is 303. The summed E-state index contributed by atoms with van der Waals surface area (Å²) in [7, 11) is 0. The maximum absolute atomic E-state index is 5.49. The molecule has 3 aliphatic rings. The fourth-order valence-electron chi connectivity index (χ4n) is 2.74. The molecule has 154 valence electrons. The second kappa shape index (κ2) is 13.8. The van der Waals surface area contributed by atoms with Crippen LogP contribution in [-0.2, 0) is 18.9 Å². The zero-order valence-electron chi connectivity index (χ0n) is 16.2. The van der Waals surface area contributed by atoms with Gasteiger partial charge in [-0.05, 0) is 39.0 Å². The van der Waals surface area contributed by atoms with E-state index in [1.807, 2.05) is 0 Å². The molecule has 8 nitrogen and oxygen atoms in total. The Kier molecular flexibility index (Phi) is 11.7. The second-order valence-electron chi connectivity index (χ2n) is 7.03. The third-order valence-electron chi connectivity index (χ3n) is 4.61. The number of nitrogens with two attached hydrogens (primary N) is 2. The molecule has 4 N–H and O–H groups in total. The lowest BCUT2D eigenvalue weighted by molar-refractivity contribution is 0.0366. The SMILES string of the molecule is C(COCC1CO1)OCC1CO1.NCCCN1CCN(CCCN)CC1. The van der Waals surface area contributed by atoms with Crippen LogP contribution >= 0.6 is 0 Å². The van der Waals surface area contributed by atoms with Crippen LogP contribution in [0.4, 0.5) is 0 Å². The normalized spacial score (nSPS) is 25.6. The lowest BCUT2D eigenvalue weighted by atomic mass is 10.2. The summed E-state index contributed by atoms with van der Waals surface area (Å²) >= 11 is 0. The van der Waals surface area contributed by atoms with Gasteiger partial charge in [-0.15, -0.1) is 0 Å². The standard InChI is InChI=1S/C10H24N4.C8H14O4/c11-3-1-5-13-7-9-14(10-8-13)6-2-4-12;1(9-3-7-5-11-7)2-10-4-8-6-12-8/h1-12H2;7-8H,1-6H2. The minimum absolute atomic E-state index is 0.358. The molecular weight excluding hydrogens is 336 g/mol. The molecule has 2 atom stereocenters. The largest absolute Gasteiger partial charge is 0.376 e. The van der Waals surface area contributed by atoms with Gasteiger partial charge in [-0.25, -0.2) is 0 Å². The van der Waals surface area contributed by atoms with Crippen molar-refractivity contribution in [3.63, 3.8) is 0 Å². The molecule has 3 rings (SSSR count). The van der Waals surface area contributed by atoms with Crippen LogP contribution in [0, 0.1) is 0 Å². The molecule has 26 heavy (non-hydrogen) atoms. The van der Waals surface area contributed by atoms with Gasteiger partial charge in [0.2, 0.25) is 0 Å². The number of ether oxygens (including phenoxy) is 4. The molecule has 0 spiro atoms. The molecule has 2 unspecified atom stereocenters. The molecule has 0 aromatic rings. The summed E-state index contributed by atoms with van der Waals surface area (Å²) in [6.45, 7) is 13.2. The molecule has 8 heteroatoms. The topological polar surface area (TPSA) is 102 Å². The van der Waals surface area contributed by atoms with Gasteiger partial charge in [-0.1, -0.05) is 0 Å². The molecule has 3 fully saturated rings. The Morgan fingerprint density at radius 1 is 0.731 bits per heavy atom. The van der Waals surface area contributed by atoms with E-state index < -0.39 is 0 Å². The van der Waals surface area contributed by atoms with Crippen molar-refractivity contribution in [3.05, 3.63) is 0 Å². The van der Waals surface area contributed by atoms with E-state index in [0.717, 1.165) is 39.1 Å². The summed E-state index contributed by atoms with van der Waals surface area (Å²) in [4.78, 5) is 5.01. The van der Waals surface area contributed by atoms with Crippen LogP contribution in [0.3, 0.4) is 0 Å². The second-order valence-corrected chi connectivity index (χ2v) is 7.03. The molecule has 0 aromatic heterocycles. The summed E-state index contributed by atoms with van der Waals surface area (Å²) in [5, 5.41) is 0. The van der Waals surface area contributed by atoms with Gasteiger partial charge in [0.25, 0.3) is 0 Å². The van der Waals surface area contributed by atoms with E-state index in [2.05, 4.69) is 9.80 Å². The van der Waals surface area contributed by atoms with Crippen LogP contribution in [0.5, 0.6) is 0 Å². The maximum atomic E-state index is 5.49. The summed E-state index contributed by atoms with van der Waals surface area (Å²) < 4.78 is 20.5. The van der Waals surface area contributed by atoms with E-state index in [1.54, 1.807) is 0 Å². The van der Waals surface area contributed by atoms with Crippen molar-refractivity contribution in [2.45, 2.75) is 25.0 Å². The molecule has 0 aromatic carbocycles. The van der Waals surface area contributed by atoms with Gasteiger partial charge in [0.1, 0.15) is 12.2 Å². The Balaban J connectivity index is 0.000000189. The van der Waals surface area contributed by atoms with E-state index in [9.17, 15) is 0 Å². The molecule has 3 saturated heterocycles. The molecular formula is C18H38N4O4. The first-order valence-electron chi connectivity index (χ1n) is 10.1. The Labute approximate surface area is 158 Å². The van der Waals surface area contributed by atoms with E-state index in [0.29, 0.717) is 38.6 Å². The first kappa shape index (κ1) is 22.0. The Morgan fingerprint density at radius 2 is 1.12 bits per heavy atom. The zero-order valence-corrected chi connectivity index (χ0v) is 16.2. The Hall–Kier alpha value is -0.320. The number of nitrogens with zero attached hydrogens (tertiary/aromatic N) is 2. The molecule has 3 heterocycles. The summed E-state index contributed by atoms with van der Waals surface area (Å²) in [6.07, 6.45) is 2.97. The summed E-state index contributed by atoms with van der Waals surface area (Å²) in [5.41, 5.74) is 11.0. The van der Waals surface area contributed by atoms with E-state index in [-0.39, 0.29) is 0 Å². The van der Waals surface area contributed by atoms with Crippen LogP contribution in [0.15, 0.2) is 0 Å². The van der Waals surface area contributed by atoms with Gasteiger partial charge >= 0.3 is 0 Å². The third kappa shape index (κ3) is 11.4. The summed E-state index contributed by atoms with van der Waals surface area (Å²) in [5.74, 6) is 0. The van der Waals surface area contributed by atoms with Crippen molar-refractivity contribution in [1.82, 2.24) is 9.80 Å². The molecule has 0 saturated carbocycles. The minimum Gasteiger partial charge on any atom is -0.376 e. The Morgan fingerprint density at radius 3 is 1.42 bits per heavy atom. The van der Waals surface area contributed by atoms with Gasteiger partial charge in [-0.3, -0.25) is 0 Å². The minimum atomic E-state index is 0.358. The van der Waals surface area contributed by atoms with Gasteiger partial charge in [0.05, 0.1) is 39.6 Å². The van der Waals surface area contributed by atoms with Crippen LogP contribution in [0.2, 0.25) is 0 Å². The molecule has 0 bridgehead atoms. The van der Waals surface area contributed by atoms with Crippen LogP contribution < -0.4 is 11.5 Å². The summed E-state index contributed by atoms with van der Waals surface area (Å²) in [6, 6.07) is 0. The van der Waals surface area contributed by atoms with Gasteiger partial charge in [0.15, 0.2) is 0 Å². The first-order chi connectivity index (χ1) is 12.8. The predicted molar refractivity (Wildman–Crippen MR) is 101 cm³/mol. The van der Waals surface area contributed by atoms with Crippen LogP contribution in [0.25, 0.3) is 0 Å². The lowest BCUT2D eigenvalue weighted by Gasteiger charge is -2.34. The fraction of sp³-hybridized carbons (Fsp3) is 1.00. The van der Waals surface area contributed by atoms with Crippen molar-refractivity contribution in [3.8, 4) is 0 Å². The van der Waals surface area contributed by atoms with Crippen LogP contribution in [0.1, 0.15) is 12.8 Å². The average molecular weight is 375 g/mol. The first-order valence-corrected chi connectivity index (χ1v) is 10.1. The van der Waals surface area contributed by atoms with Crippen molar-refractivity contribution in [2.75, 3.05) is 92.0 Å². The van der Waals surface area contributed by atoms with Gasteiger partial charge in [0, 0.05) is 26.2 Å². The van der Waals surface area contributed by atoms with E-state index in [4.69, 9.17) is 30.4 Å². The number of hydrogen-bond acceptors (Lipinski definition) is 8. The number of hydrogen-bond donors (Lipinski definition) is 2. The highest BCUT2D eigenvalue weighted by Crippen LogP contribution is 2.09. The van der Waals surface area contributed by atoms with Crippen molar-refractivity contribution < 1.29 is 18.9 Å². The predicted octanol–water partition coefficient (Wildman–Crippen LogP) is -0.881. The highest BCUT2D eigenvalue weighted by Gasteiger charge is 2.23. The zero-order chi connectivity index (χ0) is 18.5. The smallest absolute Gasteiger partial charge is 0.104 e. The average Bonchev–Trinajstić information content (AvgIpc) is 3.57. The number of piperazine rings is 1. The van der Waals surface area contributed by atoms with Crippen molar-refractivity contribution in [2.24, 2.45) is 11.5 Å². The lowest BCUT2D eigenvalue weighted by Crippen LogP contribution is -2.47. The number of rotatable bonds is 13.